The van der Waals surface area contributed by atoms with Crippen molar-refractivity contribution in [3.05, 3.63) is 60.0 Å². The van der Waals surface area contributed by atoms with E-state index in [0.29, 0.717) is 5.95 Å². The van der Waals surface area contributed by atoms with E-state index in [1.807, 2.05) is 66.9 Å². The number of hydrogen-bond acceptors (Lipinski definition) is 6. The molecule has 0 unspecified atom stereocenters. The molecule has 1 N–H and O–H groups in total. The summed E-state index contributed by atoms with van der Waals surface area (Å²) in [7, 11) is 3.30. The third-order valence-corrected chi connectivity index (χ3v) is 4.53. The average Bonchev–Trinajstić information content (AvgIpc) is 3.05. The van der Waals surface area contributed by atoms with Crippen LogP contribution >= 0.6 is 0 Å². The van der Waals surface area contributed by atoms with Gasteiger partial charge < -0.3 is 14.8 Å². The summed E-state index contributed by atoms with van der Waals surface area (Å²) in [4.78, 5) is 14.0. The van der Waals surface area contributed by atoms with Crippen LogP contribution in [0, 0.1) is 13.8 Å². The second-order valence-electron chi connectivity index (χ2n) is 6.35. The zero-order chi connectivity index (χ0) is 19.7. The number of ether oxygens (including phenoxy) is 2. The molecule has 28 heavy (non-hydrogen) atoms. The molecular weight excluding hydrogens is 354 g/mol. The van der Waals surface area contributed by atoms with Gasteiger partial charge in [0.2, 0.25) is 5.95 Å². The van der Waals surface area contributed by atoms with Crippen molar-refractivity contribution in [1.82, 2.24) is 19.5 Å². The lowest BCUT2D eigenvalue weighted by Gasteiger charge is -2.10. The molecule has 0 atom stereocenters. The summed E-state index contributed by atoms with van der Waals surface area (Å²) in [5, 5.41) is 3.26. The lowest BCUT2D eigenvalue weighted by molar-refractivity contribution is 0.414. The van der Waals surface area contributed by atoms with Crippen LogP contribution in [0.15, 0.2) is 48.5 Å². The second kappa shape index (κ2) is 7.19. The Bertz CT molecular complexity index is 1120. The van der Waals surface area contributed by atoms with Crippen LogP contribution in [-0.2, 0) is 0 Å². The molecule has 7 nitrogen and oxygen atoms in total. The Kier molecular flexibility index (Phi) is 4.57. The summed E-state index contributed by atoms with van der Waals surface area (Å²) in [6.07, 6.45) is 0. The summed E-state index contributed by atoms with van der Waals surface area (Å²) in [6.45, 7) is 3.90. The molecule has 0 aliphatic carbocycles. The number of nitrogens with zero attached hydrogens (tertiary/aromatic N) is 4. The number of hydrogen-bond donors (Lipinski definition) is 1. The van der Waals surface area contributed by atoms with Gasteiger partial charge in [0.15, 0.2) is 5.65 Å². The Labute approximate surface area is 163 Å². The van der Waals surface area contributed by atoms with E-state index in [0.717, 1.165) is 45.6 Å². The average molecular weight is 375 g/mol. The van der Waals surface area contributed by atoms with Gasteiger partial charge in [-0.1, -0.05) is 0 Å². The highest BCUT2D eigenvalue weighted by atomic mass is 16.5. The van der Waals surface area contributed by atoms with Crippen LogP contribution < -0.4 is 14.8 Å². The summed E-state index contributed by atoms with van der Waals surface area (Å²) in [5.41, 5.74) is 4.21. The van der Waals surface area contributed by atoms with Crippen molar-refractivity contribution >= 4 is 22.8 Å². The quantitative estimate of drug-likeness (QED) is 0.564. The van der Waals surface area contributed by atoms with Crippen molar-refractivity contribution in [2.45, 2.75) is 13.8 Å². The molecule has 0 saturated heterocycles. The Morgan fingerprint density at radius 1 is 0.786 bits per heavy atom. The summed E-state index contributed by atoms with van der Waals surface area (Å²) < 4.78 is 12.5. The van der Waals surface area contributed by atoms with Crippen LogP contribution in [0.1, 0.15) is 11.5 Å². The van der Waals surface area contributed by atoms with Crippen molar-refractivity contribution in [1.29, 1.82) is 0 Å². The predicted octanol–water partition coefficient (Wildman–Crippen LogP) is 4.19. The molecule has 0 fully saturated rings. The lowest BCUT2D eigenvalue weighted by atomic mass is 10.3. The van der Waals surface area contributed by atoms with Gasteiger partial charge in [-0.25, -0.2) is 9.97 Å². The van der Waals surface area contributed by atoms with Crippen molar-refractivity contribution < 1.29 is 9.47 Å². The number of methoxy groups -OCH3 is 2. The molecule has 2 aromatic heterocycles. The zero-order valence-corrected chi connectivity index (χ0v) is 16.2. The number of anilines is 2. The third-order valence-electron chi connectivity index (χ3n) is 4.53. The normalized spacial score (nSPS) is 10.9. The molecule has 0 aliphatic rings. The molecule has 4 aromatic rings. The molecule has 0 amide bonds. The van der Waals surface area contributed by atoms with Gasteiger partial charge >= 0.3 is 0 Å². The fraction of sp³-hybridized carbons (Fsp3) is 0.190. The highest BCUT2D eigenvalue weighted by molar-refractivity contribution is 5.78. The maximum absolute atomic E-state index is 5.26. The fourth-order valence-corrected chi connectivity index (χ4v) is 3.10. The first-order chi connectivity index (χ1) is 13.6. The maximum atomic E-state index is 5.26. The molecule has 0 radical (unpaired) electrons. The van der Waals surface area contributed by atoms with E-state index >= 15 is 0 Å². The number of fused-ring (bicyclic) bond motifs is 1. The lowest BCUT2D eigenvalue weighted by Crippen LogP contribution is -2.03. The molecule has 7 heteroatoms. The molecule has 0 spiro atoms. The van der Waals surface area contributed by atoms with E-state index in [2.05, 4.69) is 15.3 Å². The first kappa shape index (κ1) is 17.8. The van der Waals surface area contributed by atoms with Crippen molar-refractivity contribution in [2.75, 3.05) is 19.5 Å². The molecule has 2 aromatic carbocycles. The van der Waals surface area contributed by atoms with Gasteiger partial charge in [-0.05, 0) is 62.4 Å². The molecule has 142 valence electrons. The van der Waals surface area contributed by atoms with Crippen LogP contribution in [0.5, 0.6) is 11.5 Å². The summed E-state index contributed by atoms with van der Waals surface area (Å²) in [5.74, 6) is 2.97. The molecule has 2 heterocycles. The summed E-state index contributed by atoms with van der Waals surface area (Å²) in [6, 6.07) is 15.4. The molecule has 0 aliphatic heterocycles. The Hall–Kier alpha value is -3.61. The van der Waals surface area contributed by atoms with Gasteiger partial charge in [-0.15, -0.1) is 0 Å². The largest absolute Gasteiger partial charge is 0.497 e. The van der Waals surface area contributed by atoms with E-state index in [1.165, 1.54) is 0 Å². The first-order valence-electron chi connectivity index (χ1n) is 8.88. The van der Waals surface area contributed by atoms with Gasteiger partial charge in [0.05, 0.1) is 19.9 Å². The van der Waals surface area contributed by atoms with Crippen LogP contribution in [0.3, 0.4) is 0 Å². The smallest absolute Gasteiger partial charge is 0.229 e. The monoisotopic (exact) mass is 375 g/mol. The van der Waals surface area contributed by atoms with Gasteiger partial charge in [0.1, 0.15) is 22.8 Å². The molecule has 0 bridgehead atoms. The summed E-state index contributed by atoms with van der Waals surface area (Å²) >= 11 is 0. The van der Waals surface area contributed by atoms with E-state index in [9.17, 15) is 0 Å². The maximum Gasteiger partial charge on any atom is 0.229 e. The van der Waals surface area contributed by atoms with Gasteiger partial charge in [0, 0.05) is 11.4 Å². The number of aromatic nitrogens is 4. The Morgan fingerprint density at radius 3 is 2.00 bits per heavy atom. The Morgan fingerprint density at radius 2 is 1.39 bits per heavy atom. The molecule has 4 rings (SSSR count). The number of aryl methyl sites for hydroxylation is 2. The number of nitrogens with one attached hydrogen (secondary N) is 1. The zero-order valence-electron chi connectivity index (χ0n) is 16.2. The number of benzene rings is 2. The third kappa shape index (κ3) is 3.22. The van der Waals surface area contributed by atoms with E-state index in [4.69, 9.17) is 14.5 Å². The van der Waals surface area contributed by atoms with Crippen LogP contribution in [0.2, 0.25) is 0 Å². The van der Waals surface area contributed by atoms with Crippen molar-refractivity contribution in [3.63, 3.8) is 0 Å². The fourth-order valence-electron chi connectivity index (χ4n) is 3.10. The topological polar surface area (TPSA) is 74.1 Å². The number of imidazole rings is 1. The molecule has 0 saturated carbocycles. The van der Waals surface area contributed by atoms with E-state index in [1.54, 1.807) is 14.2 Å². The van der Waals surface area contributed by atoms with Gasteiger partial charge in [0.25, 0.3) is 0 Å². The highest BCUT2D eigenvalue weighted by Crippen LogP contribution is 2.25. The Balaban J connectivity index is 1.77. The SMILES string of the molecule is COc1ccc(Nc2nc(C)c3nc(C)n(-c4ccc(OC)cc4)c3n2)cc1. The van der Waals surface area contributed by atoms with Crippen molar-refractivity contribution in [2.24, 2.45) is 0 Å². The van der Waals surface area contributed by atoms with Gasteiger partial charge in [-0.2, -0.15) is 4.98 Å². The second-order valence-corrected chi connectivity index (χ2v) is 6.35. The minimum absolute atomic E-state index is 0.518. The van der Waals surface area contributed by atoms with E-state index in [-0.39, 0.29) is 0 Å². The van der Waals surface area contributed by atoms with Crippen LogP contribution in [-0.4, -0.2) is 33.7 Å². The van der Waals surface area contributed by atoms with Gasteiger partial charge in [-0.3, -0.25) is 4.57 Å². The van der Waals surface area contributed by atoms with Crippen LogP contribution in [0.25, 0.3) is 16.9 Å². The standard InChI is InChI=1S/C21H21N5O2/c1-13-19-20(25-21(22-13)24-15-5-9-17(27-3)10-6-15)26(14(2)23-19)16-7-11-18(28-4)12-8-16/h5-12H,1-4H3,(H,22,24,25). The van der Waals surface area contributed by atoms with E-state index < -0.39 is 0 Å². The minimum Gasteiger partial charge on any atom is -0.497 e. The minimum atomic E-state index is 0.518. The van der Waals surface area contributed by atoms with Crippen LogP contribution in [0.4, 0.5) is 11.6 Å². The first-order valence-corrected chi connectivity index (χ1v) is 8.88. The highest BCUT2D eigenvalue weighted by Gasteiger charge is 2.15. The molecular formula is C21H21N5O2. The number of rotatable bonds is 5. The van der Waals surface area contributed by atoms with Crippen molar-refractivity contribution in [3.8, 4) is 17.2 Å². The predicted molar refractivity (Wildman–Crippen MR) is 109 cm³/mol.